The Labute approximate surface area is 183 Å². The van der Waals surface area contributed by atoms with Crippen molar-refractivity contribution >= 4 is 56.3 Å². The highest BCUT2D eigenvalue weighted by atomic mass is 16.7. The molecule has 6 rings (SSSR count). The van der Waals surface area contributed by atoms with E-state index >= 15 is 0 Å². The van der Waals surface area contributed by atoms with Crippen LogP contribution in [-0.4, -0.2) is 22.7 Å². The van der Waals surface area contributed by atoms with Crippen LogP contribution in [0.2, 0.25) is 0 Å². The summed E-state index contributed by atoms with van der Waals surface area (Å²) in [7, 11) is 0. The number of hydrogen-bond acceptors (Lipinski definition) is 3. The summed E-state index contributed by atoms with van der Waals surface area (Å²) in [5.74, 6) is -1.16. The topological polar surface area (TPSA) is 70.2 Å². The summed E-state index contributed by atoms with van der Waals surface area (Å²) in [6.07, 6.45) is 0. The molecule has 154 valence electrons. The van der Waals surface area contributed by atoms with E-state index < -0.39 is 11.9 Å². The molecule has 0 saturated heterocycles. The van der Waals surface area contributed by atoms with Crippen LogP contribution in [0.3, 0.4) is 0 Å². The van der Waals surface area contributed by atoms with Gasteiger partial charge in [0, 0.05) is 39.3 Å². The number of carbonyl (C=O) groups excluding carboxylic acids is 1. The summed E-state index contributed by atoms with van der Waals surface area (Å²) < 4.78 is 0. The molecule has 0 fully saturated rings. The molecule has 0 aliphatic carbocycles. The van der Waals surface area contributed by atoms with Crippen LogP contribution in [0.15, 0.2) is 90.1 Å². The lowest BCUT2D eigenvalue weighted by Gasteiger charge is -2.17. The van der Waals surface area contributed by atoms with E-state index in [1.54, 1.807) is 0 Å². The minimum Gasteiger partial charge on any atom is -0.354 e. The first-order chi connectivity index (χ1) is 15.8. The summed E-state index contributed by atoms with van der Waals surface area (Å²) in [6.45, 7) is 3.36. The van der Waals surface area contributed by atoms with Crippen LogP contribution in [0.4, 0.5) is 0 Å². The number of aromatic amines is 2. The minimum absolute atomic E-state index is 0.475. The van der Waals surface area contributed by atoms with Crippen LogP contribution in [0, 0.1) is 0 Å². The van der Waals surface area contributed by atoms with Crippen LogP contribution in [0.5, 0.6) is 0 Å². The van der Waals surface area contributed by atoms with E-state index in [0.29, 0.717) is 0 Å². The Morgan fingerprint density at radius 2 is 1.16 bits per heavy atom. The Balaban J connectivity index is 1.67. The first kappa shape index (κ1) is 18.4. The van der Waals surface area contributed by atoms with Crippen LogP contribution >= 0.6 is 0 Å². The van der Waals surface area contributed by atoms with E-state index in [0.717, 1.165) is 54.7 Å². The average molecular weight is 417 g/mol. The van der Waals surface area contributed by atoms with Gasteiger partial charge in [0.15, 0.2) is 0 Å². The molecule has 0 amide bonds. The van der Waals surface area contributed by atoms with Crippen molar-refractivity contribution in [2.24, 2.45) is 5.16 Å². The second kappa shape index (κ2) is 7.10. The van der Waals surface area contributed by atoms with E-state index in [9.17, 15) is 4.79 Å². The SMILES string of the molecule is C=NOC(=O)C(c1cccc2c1[nH]c1ccccc12)c1cccc2c1[nH]c1ccccc12. The van der Waals surface area contributed by atoms with Gasteiger partial charge in [-0.15, -0.1) is 0 Å². The van der Waals surface area contributed by atoms with Gasteiger partial charge < -0.3 is 14.8 Å². The Morgan fingerprint density at radius 1 is 0.688 bits per heavy atom. The first-order valence-corrected chi connectivity index (χ1v) is 10.4. The van der Waals surface area contributed by atoms with Crippen LogP contribution < -0.4 is 0 Å². The molecule has 2 N–H and O–H groups in total. The maximum Gasteiger partial charge on any atom is 0.346 e. The third kappa shape index (κ3) is 2.65. The number of oxime groups is 1. The molecule has 0 bridgehead atoms. The molecule has 0 saturated carbocycles. The second-order valence-corrected chi connectivity index (χ2v) is 7.85. The van der Waals surface area contributed by atoms with Gasteiger partial charge in [0.25, 0.3) is 0 Å². The number of carbonyl (C=O) groups is 1. The Morgan fingerprint density at radius 3 is 1.66 bits per heavy atom. The zero-order valence-electron chi connectivity index (χ0n) is 17.1. The number of para-hydroxylation sites is 4. The smallest absolute Gasteiger partial charge is 0.346 e. The van der Waals surface area contributed by atoms with Crippen molar-refractivity contribution in [2.45, 2.75) is 5.92 Å². The van der Waals surface area contributed by atoms with Crippen LogP contribution in [-0.2, 0) is 9.63 Å². The van der Waals surface area contributed by atoms with Crippen molar-refractivity contribution in [1.29, 1.82) is 0 Å². The lowest BCUT2D eigenvalue weighted by atomic mass is 9.88. The number of nitrogens with one attached hydrogen (secondary N) is 2. The molecule has 0 radical (unpaired) electrons. The fraction of sp³-hybridized carbons (Fsp3) is 0.0370. The number of fused-ring (bicyclic) bond motifs is 6. The molecule has 4 aromatic carbocycles. The summed E-state index contributed by atoms with van der Waals surface area (Å²) in [4.78, 5) is 25.4. The Kier molecular flexibility index (Phi) is 4.08. The number of nitrogens with zero attached hydrogens (tertiary/aromatic N) is 1. The normalized spacial score (nSPS) is 11.7. The van der Waals surface area contributed by atoms with Crippen LogP contribution in [0.25, 0.3) is 43.6 Å². The van der Waals surface area contributed by atoms with Crippen molar-refractivity contribution in [3.8, 4) is 0 Å². The van der Waals surface area contributed by atoms with Gasteiger partial charge in [-0.05, 0) is 23.3 Å². The van der Waals surface area contributed by atoms with E-state index in [-0.39, 0.29) is 0 Å². The molecule has 6 aromatic rings. The Bertz CT molecular complexity index is 1540. The van der Waals surface area contributed by atoms with Gasteiger partial charge in [-0.3, -0.25) is 0 Å². The van der Waals surface area contributed by atoms with Gasteiger partial charge in [-0.1, -0.05) is 78.0 Å². The molecule has 0 aliphatic rings. The lowest BCUT2D eigenvalue weighted by molar-refractivity contribution is -0.144. The fourth-order valence-corrected chi connectivity index (χ4v) is 4.81. The zero-order valence-corrected chi connectivity index (χ0v) is 17.1. The molecule has 32 heavy (non-hydrogen) atoms. The number of hydrogen-bond donors (Lipinski definition) is 2. The highest BCUT2D eigenvalue weighted by molar-refractivity contribution is 6.11. The fourth-order valence-electron chi connectivity index (χ4n) is 4.81. The number of aromatic nitrogens is 2. The zero-order chi connectivity index (χ0) is 21.7. The molecular weight excluding hydrogens is 398 g/mol. The molecule has 5 nitrogen and oxygen atoms in total. The standard InChI is InChI=1S/C27H19N3O2/c1-28-32-27(31)24(20-12-6-10-18-16-8-2-4-14-22(16)29-25(18)20)21-13-7-11-19-17-9-3-5-15-23(17)30-26(19)21/h2-15,24,29-30H,1H2. The van der Waals surface area contributed by atoms with Gasteiger partial charge in [0.2, 0.25) is 0 Å². The summed E-state index contributed by atoms with van der Waals surface area (Å²) in [6, 6.07) is 28.3. The molecular formula is C27H19N3O2. The van der Waals surface area contributed by atoms with E-state index in [1.807, 2.05) is 60.7 Å². The van der Waals surface area contributed by atoms with Gasteiger partial charge in [-0.25, -0.2) is 4.79 Å². The average Bonchev–Trinajstić information content (AvgIpc) is 3.39. The molecule has 0 atom stereocenters. The molecule has 5 heteroatoms. The van der Waals surface area contributed by atoms with Gasteiger partial charge in [0.05, 0.1) is 11.0 Å². The molecule has 2 aromatic heterocycles. The van der Waals surface area contributed by atoms with Crippen molar-refractivity contribution in [1.82, 2.24) is 9.97 Å². The first-order valence-electron chi connectivity index (χ1n) is 10.4. The number of rotatable bonds is 4. The highest BCUT2D eigenvalue weighted by Crippen LogP contribution is 2.38. The Hall–Kier alpha value is -4.38. The summed E-state index contributed by atoms with van der Waals surface area (Å²) >= 11 is 0. The second-order valence-electron chi connectivity index (χ2n) is 7.85. The van der Waals surface area contributed by atoms with Crippen LogP contribution in [0.1, 0.15) is 17.0 Å². The number of benzene rings is 4. The quantitative estimate of drug-likeness (QED) is 0.202. The predicted molar refractivity (Wildman–Crippen MR) is 129 cm³/mol. The van der Waals surface area contributed by atoms with Gasteiger partial charge >= 0.3 is 5.97 Å². The summed E-state index contributed by atoms with van der Waals surface area (Å²) in [5.41, 5.74) is 5.53. The van der Waals surface area contributed by atoms with Gasteiger partial charge in [0.1, 0.15) is 5.92 Å². The van der Waals surface area contributed by atoms with E-state index in [1.165, 1.54) is 0 Å². The van der Waals surface area contributed by atoms with Crippen molar-refractivity contribution in [3.05, 3.63) is 96.1 Å². The molecule has 2 heterocycles. The highest BCUT2D eigenvalue weighted by Gasteiger charge is 2.30. The van der Waals surface area contributed by atoms with E-state index in [2.05, 4.69) is 46.1 Å². The molecule has 0 unspecified atom stereocenters. The molecule has 0 aliphatic heterocycles. The van der Waals surface area contributed by atoms with Crippen molar-refractivity contribution < 1.29 is 9.63 Å². The monoisotopic (exact) mass is 417 g/mol. The minimum atomic E-state index is -0.686. The maximum atomic E-state index is 13.3. The largest absolute Gasteiger partial charge is 0.354 e. The summed E-state index contributed by atoms with van der Waals surface area (Å²) in [5, 5.41) is 7.78. The molecule has 0 spiro atoms. The third-order valence-electron chi connectivity index (χ3n) is 6.16. The predicted octanol–water partition coefficient (Wildman–Crippen LogP) is 6.25. The van der Waals surface area contributed by atoms with Crippen molar-refractivity contribution in [3.63, 3.8) is 0 Å². The van der Waals surface area contributed by atoms with E-state index in [4.69, 9.17) is 4.84 Å². The maximum absolute atomic E-state index is 13.3. The lowest BCUT2D eigenvalue weighted by Crippen LogP contribution is -2.16. The third-order valence-corrected chi connectivity index (χ3v) is 6.16. The van der Waals surface area contributed by atoms with Crippen molar-refractivity contribution in [2.75, 3.05) is 0 Å². The number of H-pyrrole nitrogens is 2. The van der Waals surface area contributed by atoms with Gasteiger partial charge in [-0.2, -0.15) is 0 Å².